The van der Waals surface area contributed by atoms with Crippen LogP contribution in [0.15, 0.2) is 30.5 Å². The summed E-state index contributed by atoms with van der Waals surface area (Å²) in [6, 6.07) is 6.76. The van der Waals surface area contributed by atoms with Crippen molar-refractivity contribution in [2.24, 2.45) is 0 Å². The van der Waals surface area contributed by atoms with Gasteiger partial charge in [0.15, 0.2) is 0 Å². The molecule has 1 aromatic carbocycles. The molecule has 1 N–H and O–H groups in total. The van der Waals surface area contributed by atoms with E-state index in [9.17, 15) is 4.39 Å². The second kappa shape index (κ2) is 7.13. The maximum atomic E-state index is 13.7. The Labute approximate surface area is 125 Å². The zero-order valence-corrected chi connectivity index (χ0v) is 12.7. The van der Waals surface area contributed by atoms with E-state index in [1.54, 1.807) is 12.1 Å². The Morgan fingerprint density at radius 2 is 2.00 bits per heavy atom. The fourth-order valence-electron chi connectivity index (χ4n) is 2.05. The molecule has 0 aliphatic carbocycles. The monoisotopic (exact) mass is 288 g/mol. The Bertz CT molecular complexity index is 601. The summed E-state index contributed by atoms with van der Waals surface area (Å²) in [5.41, 5.74) is 2.67. The lowest BCUT2D eigenvalue weighted by Crippen LogP contribution is -2.21. The number of benzene rings is 1. The molecule has 0 fully saturated rings. The molecule has 0 bridgehead atoms. The number of aromatic nitrogens is 2. The van der Waals surface area contributed by atoms with Crippen LogP contribution in [0.3, 0.4) is 0 Å². The van der Waals surface area contributed by atoms with Gasteiger partial charge in [-0.2, -0.15) is 0 Å². The van der Waals surface area contributed by atoms with Crippen LogP contribution in [0.25, 0.3) is 0 Å². The van der Waals surface area contributed by atoms with Gasteiger partial charge in [-0.25, -0.2) is 14.4 Å². The number of hydrogen-bond acceptors (Lipinski definition) is 4. The number of nitrogens with zero attached hydrogens (tertiary/aromatic N) is 3. The van der Waals surface area contributed by atoms with Gasteiger partial charge >= 0.3 is 0 Å². The van der Waals surface area contributed by atoms with Crippen molar-refractivity contribution in [1.82, 2.24) is 15.3 Å². The van der Waals surface area contributed by atoms with Crippen LogP contribution >= 0.6 is 0 Å². The lowest BCUT2D eigenvalue weighted by molar-refractivity contribution is 0.606. The molecule has 0 unspecified atom stereocenters. The molecule has 0 amide bonds. The molecular formula is C16H21FN4. The molecule has 112 valence electrons. The molecule has 2 rings (SSSR count). The van der Waals surface area contributed by atoms with Crippen molar-refractivity contribution in [3.63, 3.8) is 0 Å². The molecule has 1 aromatic heterocycles. The van der Waals surface area contributed by atoms with E-state index in [1.807, 2.05) is 31.1 Å². The maximum absolute atomic E-state index is 13.7. The van der Waals surface area contributed by atoms with Crippen molar-refractivity contribution in [3.05, 3.63) is 53.1 Å². The summed E-state index contributed by atoms with van der Waals surface area (Å²) in [4.78, 5) is 10.7. The van der Waals surface area contributed by atoms with Gasteiger partial charge in [0.25, 0.3) is 0 Å². The molecule has 4 nitrogen and oxygen atoms in total. The average molecular weight is 288 g/mol. The van der Waals surface area contributed by atoms with Crippen LogP contribution in [0.4, 0.5) is 10.3 Å². The number of halogens is 1. The standard InChI is InChI=1S/C16H21FN4/c1-4-18-9-14-10-19-16(20-12(14)2)21(3)11-13-7-5-6-8-15(13)17/h5-8,10,18H,4,9,11H2,1-3H3. The van der Waals surface area contributed by atoms with E-state index in [-0.39, 0.29) is 5.82 Å². The highest BCUT2D eigenvalue weighted by molar-refractivity contribution is 5.34. The van der Waals surface area contributed by atoms with E-state index in [1.165, 1.54) is 6.07 Å². The quantitative estimate of drug-likeness (QED) is 0.887. The minimum Gasteiger partial charge on any atom is -0.339 e. The maximum Gasteiger partial charge on any atom is 0.225 e. The van der Waals surface area contributed by atoms with E-state index < -0.39 is 0 Å². The number of hydrogen-bond donors (Lipinski definition) is 1. The normalized spacial score (nSPS) is 10.7. The van der Waals surface area contributed by atoms with Crippen LogP contribution in [0.1, 0.15) is 23.7 Å². The third-order valence-electron chi connectivity index (χ3n) is 3.34. The first-order valence-electron chi connectivity index (χ1n) is 7.09. The van der Waals surface area contributed by atoms with Crippen molar-refractivity contribution in [3.8, 4) is 0 Å². The van der Waals surface area contributed by atoms with E-state index in [0.717, 1.165) is 24.3 Å². The molecule has 0 radical (unpaired) electrons. The molecule has 1 heterocycles. The Kier molecular flexibility index (Phi) is 5.22. The largest absolute Gasteiger partial charge is 0.339 e. The van der Waals surface area contributed by atoms with Crippen molar-refractivity contribution in [1.29, 1.82) is 0 Å². The molecular weight excluding hydrogens is 267 g/mol. The summed E-state index contributed by atoms with van der Waals surface area (Å²) in [5, 5.41) is 3.26. The Morgan fingerprint density at radius 3 is 2.67 bits per heavy atom. The minimum absolute atomic E-state index is 0.204. The van der Waals surface area contributed by atoms with Gasteiger partial charge in [0, 0.05) is 43.2 Å². The van der Waals surface area contributed by atoms with Crippen molar-refractivity contribution >= 4 is 5.95 Å². The first-order valence-corrected chi connectivity index (χ1v) is 7.09. The second-order valence-electron chi connectivity index (χ2n) is 5.01. The lowest BCUT2D eigenvalue weighted by atomic mass is 10.2. The molecule has 0 saturated heterocycles. The lowest BCUT2D eigenvalue weighted by Gasteiger charge is -2.18. The minimum atomic E-state index is -0.204. The zero-order valence-electron chi connectivity index (χ0n) is 12.7. The number of aryl methyl sites for hydroxylation is 1. The van der Waals surface area contributed by atoms with E-state index in [4.69, 9.17) is 0 Å². The molecule has 0 aliphatic heterocycles. The highest BCUT2D eigenvalue weighted by Gasteiger charge is 2.10. The highest BCUT2D eigenvalue weighted by Crippen LogP contribution is 2.14. The number of nitrogens with one attached hydrogen (secondary N) is 1. The first-order chi connectivity index (χ1) is 10.1. The van der Waals surface area contributed by atoms with Gasteiger partial charge < -0.3 is 10.2 Å². The molecule has 0 aliphatic rings. The summed E-state index contributed by atoms with van der Waals surface area (Å²) in [7, 11) is 1.87. The zero-order chi connectivity index (χ0) is 15.2. The molecule has 0 atom stereocenters. The van der Waals surface area contributed by atoms with E-state index in [2.05, 4.69) is 22.2 Å². The summed E-state index contributed by atoms with van der Waals surface area (Å²) in [6.45, 7) is 6.15. The molecule has 2 aromatic rings. The Hall–Kier alpha value is -2.01. The topological polar surface area (TPSA) is 41.1 Å². The van der Waals surface area contributed by atoms with Gasteiger partial charge in [0.1, 0.15) is 5.82 Å². The van der Waals surface area contributed by atoms with Crippen LogP contribution in [-0.2, 0) is 13.1 Å². The number of rotatable bonds is 6. The van der Waals surface area contributed by atoms with Gasteiger partial charge in [-0.05, 0) is 19.5 Å². The Balaban J connectivity index is 2.11. The summed E-state index contributed by atoms with van der Waals surface area (Å²) < 4.78 is 13.7. The van der Waals surface area contributed by atoms with Crippen LogP contribution in [0.2, 0.25) is 0 Å². The van der Waals surface area contributed by atoms with Crippen LogP contribution in [-0.4, -0.2) is 23.6 Å². The second-order valence-corrected chi connectivity index (χ2v) is 5.01. The smallest absolute Gasteiger partial charge is 0.225 e. The third kappa shape index (κ3) is 3.98. The van der Waals surface area contributed by atoms with Gasteiger partial charge in [0.05, 0.1) is 0 Å². The average Bonchev–Trinajstić information content (AvgIpc) is 2.48. The van der Waals surface area contributed by atoms with Crippen molar-refractivity contribution in [2.45, 2.75) is 26.9 Å². The highest BCUT2D eigenvalue weighted by atomic mass is 19.1. The molecule has 5 heteroatoms. The summed E-state index contributed by atoms with van der Waals surface area (Å²) in [5.74, 6) is 0.404. The van der Waals surface area contributed by atoms with Crippen molar-refractivity contribution < 1.29 is 4.39 Å². The Morgan fingerprint density at radius 1 is 1.24 bits per heavy atom. The van der Waals surface area contributed by atoms with E-state index >= 15 is 0 Å². The summed E-state index contributed by atoms with van der Waals surface area (Å²) in [6.07, 6.45) is 1.83. The SMILES string of the molecule is CCNCc1cnc(N(C)Cc2ccccc2F)nc1C. The van der Waals surface area contributed by atoms with Crippen LogP contribution in [0, 0.1) is 12.7 Å². The third-order valence-corrected chi connectivity index (χ3v) is 3.34. The molecule has 0 spiro atoms. The van der Waals surface area contributed by atoms with Crippen molar-refractivity contribution in [2.75, 3.05) is 18.5 Å². The van der Waals surface area contributed by atoms with Gasteiger partial charge in [-0.1, -0.05) is 25.1 Å². The van der Waals surface area contributed by atoms with E-state index in [0.29, 0.717) is 18.1 Å². The predicted molar refractivity (Wildman–Crippen MR) is 82.7 cm³/mol. The van der Waals surface area contributed by atoms with Gasteiger partial charge in [-0.15, -0.1) is 0 Å². The summed E-state index contributed by atoms with van der Waals surface area (Å²) >= 11 is 0. The fourth-order valence-corrected chi connectivity index (χ4v) is 2.05. The van der Waals surface area contributed by atoms with Gasteiger partial charge in [-0.3, -0.25) is 0 Å². The van der Waals surface area contributed by atoms with Gasteiger partial charge in [0.2, 0.25) is 5.95 Å². The first kappa shape index (κ1) is 15.4. The molecule has 21 heavy (non-hydrogen) atoms. The number of anilines is 1. The fraction of sp³-hybridized carbons (Fsp3) is 0.375. The van der Waals surface area contributed by atoms with Crippen LogP contribution in [0.5, 0.6) is 0 Å². The predicted octanol–water partition coefficient (Wildman–Crippen LogP) is 2.67. The van der Waals surface area contributed by atoms with Crippen LogP contribution < -0.4 is 10.2 Å². The molecule has 0 saturated carbocycles.